The van der Waals surface area contributed by atoms with Crippen molar-refractivity contribution in [3.63, 3.8) is 0 Å². The highest BCUT2D eigenvalue weighted by atomic mass is 16.8. The number of aliphatic hydroxyl groups is 1. The molecule has 1 aliphatic carbocycles. The number of carbonyl (C=O) groups excluding carboxylic acids is 5. The summed E-state index contributed by atoms with van der Waals surface area (Å²) in [6.45, 7) is 3.57. The summed E-state index contributed by atoms with van der Waals surface area (Å²) < 4.78 is 30.1. The molecular formula is C41H42N2O11. The molecular weight excluding hydrogens is 696 g/mol. The molecule has 13 nitrogen and oxygen atoms in total. The Hall–Kier alpha value is -5.63. The van der Waals surface area contributed by atoms with E-state index in [-0.39, 0.29) is 56.2 Å². The zero-order valence-electron chi connectivity index (χ0n) is 29.9. The van der Waals surface area contributed by atoms with Crippen molar-refractivity contribution >= 4 is 35.8 Å². The van der Waals surface area contributed by atoms with Crippen molar-refractivity contribution in [3.8, 4) is 0 Å². The molecule has 6 rings (SSSR count). The number of ether oxygens (including phenoxy) is 5. The highest BCUT2D eigenvalue weighted by molar-refractivity contribution is 5.97. The second kappa shape index (κ2) is 16.6. The molecule has 3 aliphatic rings. The molecule has 4 atom stereocenters. The van der Waals surface area contributed by atoms with Crippen LogP contribution in [0, 0.1) is 5.41 Å². The fourth-order valence-corrected chi connectivity index (χ4v) is 6.56. The Balaban J connectivity index is 1.25. The van der Waals surface area contributed by atoms with Crippen LogP contribution in [-0.4, -0.2) is 85.5 Å². The lowest BCUT2D eigenvalue weighted by Crippen LogP contribution is -2.44. The van der Waals surface area contributed by atoms with Gasteiger partial charge >= 0.3 is 17.9 Å². The van der Waals surface area contributed by atoms with Gasteiger partial charge in [0.05, 0.1) is 12.2 Å². The topological polar surface area (TPSA) is 176 Å². The van der Waals surface area contributed by atoms with Crippen LogP contribution in [0.2, 0.25) is 0 Å². The summed E-state index contributed by atoms with van der Waals surface area (Å²) in [5.41, 5.74) is 1.45. The fourth-order valence-electron chi connectivity index (χ4n) is 6.56. The van der Waals surface area contributed by atoms with Gasteiger partial charge in [-0.25, -0.2) is 14.4 Å². The molecule has 2 amide bonds. The number of esters is 3. The molecule has 2 heterocycles. The predicted octanol–water partition coefficient (Wildman–Crippen LogP) is 3.35. The zero-order chi connectivity index (χ0) is 38.3. The largest absolute Gasteiger partial charge is 0.462 e. The van der Waals surface area contributed by atoms with Crippen LogP contribution >= 0.6 is 0 Å². The average molecular weight is 739 g/mol. The summed E-state index contributed by atoms with van der Waals surface area (Å²) >= 11 is 0. The molecule has 3 aromatic rings. The number of aliphatic hydroxyl groups excluding tert-OH is 1. The molecule has 2 aliphatic heterocycles. The Morgan fingerprint density at radius 1 is 0.870 bits per heavy atom. The minimum absolute atomic E-state index is 0.00539. The van der Waals surface area contributed by atoms with Crippen LogP contribution in [-0.2, 0) is 48.6 Å². The highest BCUT2D eigenvalue weighted by Gasteiger charge is 2.55. The van der Waals surface area contributed by atoms with Crippen molar-refractivity contribution in [2.45, 2.75) is 56.9 Å². The molecule has 13 heteroatoms. The summed E-state index contributed by atoms with van der Waals surface area (Å²) in [4.78, 5) is 64.4. The number of hydrogen-bond acceptors (Lipinski definition) is 11. The molecule has 0 spiro atoms. The number of carbonyl (C=O) groups is 5. The molecule has 0 unspecified atom stereocenters. The fraction of sp³-hybridized carbons (Fsp3) is 0.341. The molecule has 0 aromatic heterocycles. The van der Waals surface area contributed by atoms with E-state index < -0.39 is 59.4 Å². The zero-order valence-corrected chi connectivity index (χ0v) is 29.9. The van der Waals surface area contributed by atoms with Gasteiger partial charge in [-0.05, 0) is 23.8 Å². The normalized spacial score (nSPS) is 22.4. The first-order valence-corrected chi connectivity index (χ1v) is 17.7. The Morgan fingerprint density at radius 3 is 2.19 bits per heavy atom. The molecule has 2 saturated heterocycles. The molecule has 54 heavy (non-hydrogen) atoms. The van der Waals surface area contributed by atoms with Crippen molar-refractivity contribution in [2.75, 3.05) is 26.3 Å². The van der Waals surface area contributed by atoms with Crippen molar-refractivity contribution in [3.05, 3.63) is 125 Å². The van der Waals surface area contributed by atoms with E-state index in [2.05, 4.69) is 10.6 Å². The summed E-state index contributed by atoms with van der Waals surface area (Å²) in [7, 11) is 0. The monoisotopic (exact) mass is 738 g/mol. The summed E-state index contributed by atoms with van der Waals surface area (Å²) in [6.07, 6.45) is 0.401. The number of rotatable bonds is 13. The van der Waals surface area contributed by atoms with Crippen LogP contribution in [0.3, 0.4) is 0 Å². The van der Waals surface area contributed by atoms with Crippen molar-refractivity contribution < 1.29 is 52.8 Å². The number of benzene rings is 3. The van der Waals surface area contributed by atoms with E-state index in [0.717, 1.165) is 6.08 Å². The van der Waals surface area contributed by atoms with Gasteiger partial charge in [-0.1, -0.05) is 92.7 Å². The van der Waals surface area contributed by atoms with Gasteiger partial charge < -0.3 is 39.4 Å². The molecule has 3 N–H and O–H groups in total. The Morgan fingerprint density at radius 2 is 1.54 bits per heavy atom. The van der Waals surface area contributed by atoms with E-state index in [1.807, 2.05) is 60.7 Å². The Bertz CT molecular complexity index is 1890. The van der Waals surface area contributed by atoms with Crippen LogP contribution in [0.25, 0.3) is 6.08 Å². The summed E-state index contributed by atoms with van der Waals surface area (Å²) in [6, 6.07) is 25.2. The van der Waals surface area contributed by atoms with Gasteiger partial charge in [0.15, 0.2) is 0 Å². The number of hydrogen-bond donors (Lipinski definition) is 3. The van der Waals surface area contributed by atoms with Gasteiger partial charge in [0.2, 0.25) is 23.7 Å². The molecule has 0 radical (unpaired) electrons. The minimum Gasteiger partial charge on any atom is -0.462 e. The first-order valence-electron chi connectivity index (χ1n) is 17.7. The average Bonchev–Trinajstić information content (AvgIpc) is 3.70. The van der Waals surface area contributed by atoms with Crippen LogP contribution in [0.5, 0.6) is 0 Å². The van der Waals surface area contributed by atoms with Crippen LogP contribution in [0.1, 0.15) is 53.7 Å². The van der Waals surface area contributed by atoms with E-state index in [1.165, 1.54) is 6.08 Å². The lowest BCUT2D eigenvalue weighted by molar-refractivity contribution is -0.159. The smallest absolute Gasteiger partial charge is 0.348 e. The molecule has 2 fully saturated rings. The Labute approximate surface area is 312 Å². The number of fused-ring (bicyclic) bond motifs is 1. The van der Waals surface area contributed by atoms with E-state index in [9.17, 15) is 24.0 Å². The van der Waals surface area contributed by atoms with Crippen molar-refractivity contribution in [1.82, 2.24) is 10.6 Å². The SMILES string of the molecule is CC1(C)COC(=O)[C@@H]1OC(=O)C=Cc1ccccc1C(=O)O[C@@H]1CC(C(=O)NCCC(=O)NCCO)=C[C@H]2OC(c3ccccc3)(c3ccccc3)O[C@H]21. The second-order valence-electron chi connectivity index (χ2n) is 13.8. The number of amides is 2. The predicted molar refractivity (Wildman–Crippen MR) is 193 cm³/mol. The first kappa shape index (κ1) is 38.1. The van der Waals surface area contributed by atoms with E-state index >= 15 is 0 Å². The third kappa shape index (κ3) is 8.44. The van der Waals surface area contributed by atoms with Gasteiger partial charge in [0.25, 0.3) is 0 Å². The standard InChI is InChI=1S/C41H42N2O11/c1-40(2)25-50-39(49)36(40)52-34(46)18-17-26-11-9-10-16-30(26)38(48)51-31-23-27(37(47)43-20-19-33(45)42-21-22-44)24-32-35(31)54-41(53-32,28-12-5-3-6-13-28)29-14-7-4-8-15-29/h3-18,24,31-32,35-36,44H,19-23,25H2,1-2H3,(H,42,45)(H,43,47)/t31-,32-,35+,36+/m1/s1. The number of nitrogens with one attached hydrogen (secondary N) is 2. The van der Waals surface area contributed by atoms with Gasteiger partial charge in [0.1, 0.15) is 24.9 Å². The van der Waals surface area contributed by atoms with Gasteiger partial charge in [-0.3, -0.25) is 9.59 Å². The minimum atomic E-state index is -1.41. The van der Waals surface area contributed by atoms with E-state index in [0.29, 0.717) is 16.7 Å². The van der Waals surface area contributed by atoms with Gasteiger partial charge in [-0.15, -0.1) is 0 Å². The maximum Gasteiger partial charge on any atom is 0.348 e. The molecule has 3 aromatic carbocycles. The van der Waals surface area contributed by atoms with E-state index in [4.69, 9.17) is 28.8 Å². The molecule has 0 bridgehead atoms. The van der Waals surface area contributed by atoms with Gasteiger partial charge in [-0.2, -0.15) is 0 Å². The molecule has 282 valence electrons. The molecule has 0 saturated carbocycles. The van der Waals surface area contributed by atoms with Gasteiger partial charge in [0, 0.05) is 54.1 Å². The lowest BCUT2D eigenvalue weighted by atomic mass is 9.90. The second-order valence-corrected chi connectivity index (χ2v) is 13.8. The van der Waals surface area contributed by atoms with E-state index in [1.54, 1.807) is 44.2 Å². The third-order valence-electron chi connectivity index (χ3n) is 9.33. The quantitative estimate of drug-likeness (QED) is 0.133. The van der Waals surface area contributed by atoms with Crippen LogP contribution < -0.4 is 10.6 Å². The van der Waals surface area contributed by atoms with Crippen LogP contribution in [0.15, 0.2) is 103 Å². The number of cyclic esters (lactones) is 1. The van der Waals surface area contributed by atoms with Crippen molar-refractivity contribution in [1.29, 1.82) is 0 Å². The Kier molecular flexibility index (Phi) is 11.7. The summed E-state index contributed by atoms with van der Waals surface area (Å²) in [5.74, 6) is -4.35. The van der Waals surface area contributed by atoms with Crippen molar-refractivity contribution in [2.24, 2.45) is 5.41 Å². The van der Waals surface area contributed by atoms with Crippen LogP contribution in [0.4, 0.5) is 0 Å². The maximum absolute atomic E-state index is 14.0. The highest BCUT2D eigenvalue weighted by Crippen LogP contribution is 2.47. The lowest BCUT2D eigenvalue weighted by Gasteiger charge is -2.31. The first-order chi connectivity index (χ1) is 26.0. The maximum atomic E-state index is 14.0. The summed E-state index contributed by atoms with van der Waals surface area (Å²) in [5, 5.41) is 14.3. The third-order valence-corrected chi connectivity index (χ3v) is 9.33.